The summed E-state index contributed by atoms with van der Waals surface area (Å²) in [6, 6.07) is 0. The fourth-order valence-corrected chi connectivity index (χ4v) is 0.411. The van der Waals surface area contributed by atoms with E-state index in [1.807, 2.05) is 6.08 Å². The van der Waals surface area contributed by atoms with Crippen LogP contribution in [0.3, 0.4) is 0 Å². The van der Waals surface area contributed by atoms with E-state index >= 15 is 0 Å². The third-order valence-electron chi connectivity index (χ3n) is 0.709. The van der Waals surface area contributed by atoms with Crippen LogP contribution in [0.25, 0.3) is 0 Å². The lowest BCUT2D eigenvalue weighted by Gasteiger charge is -1.88. The molecule has 0 unspecified atom stereocenters. The summed E-state index contributed by atoms with van der Waals surface area (Å²) in [6.45, 7) is 2.57. The van der Waals surface area contributed by atoms with Gasteiger partial charge in [-0.25, -0.2) is 0 Å². The first kappa shape index (κ1) is 3.75. The molecule has 6 heavy (non-hydrogen) atoms. The molecule has 0 saturated heterocycles. The second kappa shape index (κ2) is 1.88. The molecule has 1 aliphatic heterocycles. The first-order chi connectivity index (χ1) is 3.00. The smallest absolute Gasteiger partial charge is 0.192 e. The van der Waals surface area contributed by atoms with Gasteiger partial charge in [0.15, 0.2) is 0 Å². The van der Waals surface area contributed by atoms with Crippen molar-refractivity contribution in [3.8, 4) is 0 Å². The Morgan fingerprint density at radius 3 is 2.67 bits per heavy atom. The van der Waals surface area contributed by atoms with Gasteiger partial charge in [-0.05, 0) is 6.08 Å². The van der Waals surface area contributed by atoms with E-state index in [0.717, 1.165) is 13.0 Å². The molecule has 0 aromatic carbocycles. The molecule has 1 aliphatic rings. The molecule has 1 rings (SSSR count). The molecule has 0 N–H and O–H groups in total. The topological polar surface area (TPSA) is 9.23 Å². The Morgan fingerprint density at radius 2 is 2.50 bits per heavy atom. The van der Waals surface area contributed by atoms with Crippen LogP contribution >= 0.6 is 0 Å². The Balaban J connectivity index is 2.26. The summed E-state index contributed by atoms with van der Waals surface area (Å²) < 4.78 is 4.86. The van der Waals surface area contributed by atoms with Gasteiger partial charge >= 0.3 is 0 Å². The Kier molecular flexibility index (Phi) is 1.17. The van der Waals surface area contributed by atoms with E-state index < -0.39 is 0 Å². The first-order valence-corrected chi connectivity index (χ1v) is 2.08. The summed E-state index contributed by atoms with van der Waals surface area (Å²) in [7, 11) is 0. The molecule has 0 aliphatic carbocycles. The van der Waals surface area contributed by atoms with Crippen molar-refractivity contribution in [3.63, 3.8) is 0 Å². The minimum Gasteiger partial charge on any atom is -0.192 e. The van der Waals surface area contributed by atoms with Crippen molar-refractivity contribution in [1.82, 2.24) is 0 Å². The largest absolute Gasteiger partial charge is 0.231 e. The zero-order valence-corrected chi connectivity index (χ0v) is 3.55. The molecule has 0 bridgehead atoms. The van der Waals surface area contributed by atoms with Gasteiger partial charge in [-0.3, -0.25) is 0 Å². The van der Waals surface area contributed by atoms with E-state index in [1.54, 1.807) is 6.61 Å². The number of rotatable bonds is 0. The van der Waals surface area contributed by atoms with Gasteiger partial charge in [0, 0.05) is 0 Å². The zero-order valence-electron chi connectivity index (χ0n) is 3.55. The van der Waals surface area contributed by atoms with Crippen LogP contribution in [0.15, 0.2) is 12.2 Å². The number of hydrogen-bond donors (Lipinski definition) is 0. The van der Waals surface area contributed by atoms with Crippen LogP contribution in [-0.2, 0) is 4.74 Å². The van der Waals surface area contributed by atoms with Gasteiger partial charge < -0.3 is 0 Å². The maximum Gasteiger partial charge on any atom is 0.231 e. The average molecular weight is 83.1 g/mol. The third-order valence-corrected chi connectivity index (χ3v) is 0.709. The molecule has 0 aromatic rings. The van der Waals surface area contributed by atoms with Gasteiger partial charge in [0.25, 0.3) is 0 Å². The van der Waals surface area contributed by atoms with Crippen LogP contribution in [0.1, 0.15) is 6.42 Å². The number of hydrogen-bond acceptors (Lipinski definition) is 1. The lowest BCUT2D eigenvalue weighted by atomic mass is 10.3. The Labute approximate surface area is 37.6 Å². The van der Waals surface area contributed by atoms with Gasteiger partial charge in [0.1, 0.15) is 13.0 Å². The number of ether oxygens (including phenoxy) is 1. The molecular formula is C5H7O+. The predicted octanol–water partition coefficient (Wildman–Crippen LogP) is 1.12. The van der Waals surface area contributed by atoms with E-state index in [0.29, 0.717) is 0 Å². The molecule has 1 heterocycles. The van der Waals surface area contributed by atoms with Crippen LogP contribution in [-0.4, -0.2) is 6.61 Å². The van der Waals surface area contributed by atoms with Crippen LogP contribution in [0, 0.1) is 6.61 Å². The van der Waals surface area contributed by atoms with E-state index in [1.165, 1.54) is 0 Å². The van der Waals surface area contributed by atoms with Crippen molar-refractivity contribution in [2.45, 2.75) is 6.42 Å². The zero-order chi connectivity index (χ0) is 4.24. The maximum atomic E-state index is 4.86. The fourth-order valence-electron chi connectivity index (χ4n) is 0.411. The molecule has 0 atom stereocenters. The van der Waals surface area contributed by atoms with E-state index in [2.05, 4.69) is 6.08 Å². The highest BCUT2D eigenvalue weighted by atomic mass is 16.5. The Morgan fingerprint density at radius 1 is 1.50 bits per heavy atom. The van der Waals surface area contributed by atoms with Crippen molar-refractivity contribution in [2.75, 3.05) is 6.61 Å². The summed E-state index contributed by atoms with van der Waals surface area (Å²) in [5.41, 5.74) is 0. The summed E-state index contributed by atoms with van der Waals surface area (Å²) in [5.74, 6) is 0. The van der Waals surface area contributed by atoms with Crippen LogP contribution in [0.2, 0.25) is 0 Å². The average Bonchev–Trinajstić information content (AvgIpc) is 1.72. The molecule has 0 aromatic heterocycles. The summed E-state index contributed by atoms with van der Waals surface area (Å²) in [6.07, 6.45) is 5.07. The molecule has 32 valence electrons. The Bertz CT molecular complexity index is 49.0. The molecule has 1 nitrogen and oxygen atoms in total. The van der Waals surface area contributed by atoms with Gasteiger partial charge in [0.2, 0.25) is 6.61 Å². The Hall–Kier alpha value is -0.430. The third kappa shape index (κ3) is 0.760. The van der Waals surface area contributed by atoms with Crippen molar-refractivity contribution >= 4 is 0 Å². The van der Waals surface area contributed by atoms with Crippen molar-refractivity contribution in [2.24, 2.45) is 0 Å². The minimum absolute atomic E-state index is 0.764. The lowest BCUT2D eigenvalue weighted by molar-refractivity contribution is 0.222. The molecule has 1 heteroatoms. The molecule has 0 radical (unpaired) electrons. The maximum absolute atomic E-state index is 4.86. The van der Waals surface area contributed by atoms with Gasteiger partial charge in [-0.15, -0.1) is 0 Å². The lowest BCUT2D eigenvalue weighted by Crippen LogP contribution is -1.90. The van der Waals surface area contributed by atoms with E-state index in [9.17, 15) is 0 Å². The van der Waals surface area contributed by atoms with Crippen LogP contribution in [0.4, 0.5) is 0 Å². The molecule has 0 spiro atoms. The quantitative estimate of drug-likeness (QED) is 0.315. The van der Waals surface area contributed by atoms with Gasteiger partial charge in [0.05, 0.1) is 0 Å². The molecule has 0 amide bonds. The fraction of sp³-hybridized carbons (Fsp3) is 0.400. The molecule has 0 fully saturated rings. The summed E-state index contributed by atoms with van der Waals surface area (Å²) in [4.78, 5) is 0. The monoisotopic (exact) mass is 83.0 g/mol. The first-order valence-electron chi connectivity index (χ1n) is 2.08. The second-order valence-electron chi connectivity index (χ2n) is 1.21. The standard InChI is InChI=1S/C5H7O/c1-2-4-6-5-3-1/h1-2,5H,3-4H2/q+1. The van der Waals surface area contributed by atoms with Crippen LogP contribution < -0.4 is 0 Å². The van der Waals surface area contributed by atoms with Crippen molar-refractivity contribution in [1.29, 1.82) is 0 Å². The van der Waals surface area contributed by atoms with E-state index in [4.69, 9.17) is 4.74 Å². The predicted molar refractivity (Wildman–Crippen MR) is 24.0 cm³/mol. The highest BCUT2D eigenvalue weighted by molar-refractivity contribution is 4.88. The second-order valence-corrected chi connectivity index (χ2v) is 1.21. The molecule has 0 saturated carbocycles. The SMILES string of the molecule is C1=CCO[CH+]C1. The highest BCUT2D eigenvalue weighted by Gasteiger charge is 1.97. The van der Waals surface area contributed by atoms with Gasteiger partial charge in [-0.2, -0.15) is 4.74 Å². The minimum atomic E-state index is 0.764. The van der Waals surface area contributed by atoms with E-state index in [-0.39, 0.29) is 0 Å². The highest BCUT2D eigenvalue weighted by Crippen LogP contribution is 1.96. The molecular weight excluding hydrogens is 76.1 g/mol. The summed E-state index contributed by atoms with van der Waals surface area (Å²) >= 11 is 0. The summed E-state index contributed by atoms with van der Waals surface area (Å²) in [5, 5.41) is 0. The van der Waals surface area contributed by atoms with Crippen molar-refractivity contribution < 1.29 is 4.74 Å². The van der Waals surface area contributed by atoms with Gasteiger partial charge in [-0.1, -0.05) is 6.08 Å². The van der Waals surface area contributed by atoms with Crippen molar-refractivity contribution in [3.05, 3.63) is 18.8 Å². The van der Waals surface area contributed by atoms with Crippen LogP contribution in [0.5, 0.6) is 0 Å². The normalized spacial score (nSPS) is 20.0.